The molecule has 0 bridgehead atoms. The second-order valence-corrected chi connectivity index (χ2v) is 2.00. The largest absolute Gasteiger partial charge is 0.314 e. The number of hydrogen-bond donors (Lipinski definition) is 2. The lowest BCUT2D eigenvalue weighted by molar-refractivity contribution is 0.664. The lowest BCUT2D eigenvalue weighted by Gasteiger charge is -1.95. The molecule has 8 heavy (non-hydrogen) atoms. The number of thiol groups is 1. The van der Waals surface area contributed by atoms with Crippen molar-refractivity contribution < 1.29 is 0 Å². The molecule has 0 aromatic carbocycles. The van der Waals surface area contributed by atoms with Gasteiger partial charge in [-0.15, -0.1) is 0 Å². The lowest BCUT2D eigenvalue weighted by atomic mass is 10.3. The van der Waals surface area contributed by atoms with Crippen LogP contribution in [0.5, 0.6) is 0 Å². The van der Waals surface area contributed by atoms with Crippen LogP contribution < -0.4 is 5.32 Å². The van der Waals surface area contributed by atoms with E-state index >= 15 is 0 Å². The third kappa shape index (κ3) is 3.33. The van der Waals surface area contributed by atoms with Crippen molar-refractivity contribution in [1.29, 1.82) is 0 Å². The third-order valence-electron chi connectivity index (χ3n) is 1.31. The molecular formula is C6H15NS. The Labute approximate surface area is 57.3 Å². The minimum atomic E-state index is 0.796. The number of rotatable bonds is 0. The third-order valence-corrected chi connectivity index (χ3v) is 1.31. The van der Waals surface area contributed by atoms with Crippen LogP contribution in [0.4, 0.5) is 0 Å². The van der Waals surface area contributed by atoms with Crippen LogP contribution in [0.1, 0.15) is 19.8 Å². The van der Waals surface area contributed by atoms with E-state index in [1.165, 1.54) is 19.4 Å². The summed E-state index contributed by atoms with van der Waals surface area (Å²) in [6, 6.07) is 0.796. The first-order valence-corrected chi connectivity index (χ1v) is 3.97. The van der Waals surface area contributed by atoms with Crippen LogP contribution in [-0.2, 0) is 0 Å². The van der Waals surface area contributed by atoms with Crippen LogP contribution in [0.25, 0.3) is 0 Å². The highest BCUT2D eigenvalue weighted by Crippen LogP contribution is 2.01. The SMILES string of the molecule is CC1CCCN1.CS. The molecule has 1 nitrogen and oxygen atoms in total. The van der Waals surface area contributed by atoms with E-state index in [1.54, 1.807) is 6.26 Å². The van der Waals surface area contributed by atoms with Crippen molar-refractivity contribution in [3.63, 3.8) is 0 Å². The Bertz CT molecular complexity index is 41.8. The Kier molecular flexibility index (Phi) is 5.66. The van der Waals surface area contributed by atoms with Gasteiger partial charge < -0.3 is 5.32 Å². The standard InChI is InChI=1S/C5H11N.CH4S/c1-5-3-2-4-6-5;1-2/h5-6H,2-4H2,1H3;2H,1H3. The molecule has 1 saturated heterocycles. The first-order chi connectivity index (χ1) is 3.89. The monoisotopic (exact) mass is 133 g/mol. The second kappa shape index (κ2) is 5.45. The van der Waals surface area contributed by atoms with Crippen LogP contribution in [0.3, 0.4) is 0 Å². The first-order valence-electron chi connectivity index (χ1n) is 3.08. The Morgan fingerprint density at radius 2 is 2.12 bits per heavy atom. The summed E-state index contributed by atoms with van der Waals surface area (Å²) in [5.74, 6) is 0. The summed E-state index contributed by atoms with van der Waals surface area (Å²) in [7, 11) is 0. The molecule has 1 heterocycles. The zero-order chi connectivity index (χ0) is 6.41. The van der Waals surface area contributed by atoms with Gasteiger partial charge in [0.15, 0.2) is 0 Å². The van der Waals surface area contributed by atoms with Crippen molar-refractivity contribution in [1.82, 2.24) is 5.32 Å². The minimum Gasteiger partial charge on any atom is -0.314 e. The molecule has 1 aliphatic rings. The molecule has 0 saturated carbocycles. The van der Waals surface area contributed by atoms with E-state index < -0.39 is 0 Å². The molecule has 1 N–H and O–H groups in total. The van der Waals surface area contributed by atoms with Gasteiger partial charge in [0, 0.05) is 6.04 Å². The van der Waals surface area contributed by atoms with Gasteiger partial charge in [0.05, 0.1) is 0 Å². The molecule has 0 amide bonds. The van der Waals surface area contributed by atoms with Gasteiger partial charge in [-0.05, 0) is 32.6 Å². The molecule has 2 heteroatoms. The van der Waals surface area contributed by atoms with Crippen LogP contribution in [0, 0.1) is 0 Å². The minimum absolute atomic E-state index is 0.796. The Morgan fingerprint density at radius 3 is 2.25 bits per heavy atom. The molecule has 1 unspecified atom stereocenters. The highest BCUT2D eigenvalue weighted by molar-refractivity contribution is 7.79. The average Bonchev–Trinajstić information content (AvgIpc) is 2.24. The van der Waals surface area contributed by atoms with Crippen molar-refractivity contribution >= 4 is 12.6 Å². The van der Waals surface area contributed by atoms with E-state index in [1.807, 2.05) is 0 Å². The molecule has 0 aromatic rings. The van der Waals surface area contributed by atoms with Gasteiger partial charge in [0.2, 0.25) is 0 Å². The maximum absolute atomic E-state index is 3.53. The molecule has 1 rings (SSSR count). The van der Waals surface area contributed by atoms with Crippen molar-refractivity contribution in [3.05, 3.63) is 0 Å². The Hall–Kier alpha value is 0.310. The van der Waals surface area contributed by atoms with Crippen LogP contribution in [-0.4, -0.2) is 18.8 Å². The Balaban J connectivity index is 0.000000222. The zero-order valence-corrected chi connectivity index (χ0v) is 6.54. The predicted molar refractivity (Wildman–Crippen MR) is 41.6 cm³/mol. The lowest BCUT2D eigenvalue weighted by Crippen LogP contribution is -2.16. The van der Waals surface area contributed by atoms with E-state index in [2.05, 4.69) is 24.9 Å². The summed E-state index contributed by atoms with van der Waals surface area (Å²) in [5.41, 5.74) is 0. The zero-order valence-electron chi connectivity index (χ0n) is 5.65. The molecular weight excluding hydrogens is 118 g/mol. The van der Waals surface area contributed by atoms with Crippen LogP contribution in [0.15, 0.2) is 0 Å². The molecule has 50 valence electrons. The first kappa shape index (κ1) is 8.31. The van der Waals surface area contributed by atoms with Gasteiger partial charge in [-0.2, -0.15) is 12.6 Å². The summed E-state index contributed by atoms with van der Waals surface area (Å²) >= 11 is 3.53. The van der Waals surface area contributed by atoms with Crippen molar-refractivity contribution in [2.45, 2.75) is 25.8 Å². The molecule has 0 aliphatic carbocycles. The van der Waals surface area contributed by atoms with Gasteiger partial charge in [-0.3, -0.25) is 0 Å². The highest BCUT2D eigenvalue weighted by Gasteiger charge is 2.05. The van der Waals surface area contributed by atoms with E-state index in [0.29, 0.717) is 0 Å². The summed E-state index contributed by atoms with van der Waals surface area (Å²) < 4.78 is 0. The number of hydrogen-bond acceptors (Lipinski definition) is 2. The fourth-order valence-corrected chi connectivity index (χ4v) is 0.859. The molecule has 1 aliphatic heterocycles. The maximum Gasteiger partial charge on any atom is 0.00391 e. The van der Waals surface area contributed by atoms with E-state index in [4.69, 9.17) is 0 Å². The molecule has 1 fully saturated rings. The molecule has 1 atom stereocenters. The van der Waals surface area contributed by atoms with E-state index in [-0.39, 0.29) is 0 Å². The predicted octanol–water partition coefficient (Wildman–Crippen LogP) is 1.30. The van der Waals surface area contributed by atoms with Crippen molar-refractivity contribution in [2.75, 3.05) is 12.8 Å². The summed E-state index contributed by atoms with van der Waals surface area (Å²) in [5, 5.41) is 3.32. The molecule has 0 spiro atoms. The summed E-state index contributed by atoms with van der Waals surface area (Å²) in [4.78, 5) is 0. The average molecular weight is 133 g/mol. The number of nitrogens with one attached hydrogen (secondary N) is 1. The smallest absolute Gasteiger partial charge is 0.00391 e. The van der Waals surface area contributed by atoms with Crippen molar-refractivity contribution in [2.24, 2.45) is 0 Å². The van der Waals surface area contributed by atoms with Crippen LogP contribution >= 0.6 is 12.6 Å². The van der Waals surface area contributed by atoms with Gasteiger partial charge in [0.25, 0.3) is 0 Å². The van der Waals surface area contributed by atoms with Gasteiger partial charge in [-0.25, -0.2) is 0 Å². The van der Waals surface area contributed by atoms with Crippen LogP contribution in [0.2, 0.25) is 0 Å². The fraction of sp³-hybridized carbons (Fsp3) is 1.00. The van der Waals surface area contributed by atoms with Gasteiger partial charge in [0.1, 0.15) is 0 Å². The summed E-state index contributed by atoms with van der Waals surface area (Å²) in [6.07, 6.45) is 4.45. The quantitative estimate of drug-likeness (QED) is 0.475. The van der Waals surface area contributed by atoms with Gasteiger partial charge in [-0.1, -0.05) is 0 Å². The van der Waals surface area contributed by atoms with Crippen molar-refractivity contribution in [3.8, 4) is 0 Å². The second-order valence-electron chi connectivity index (χ2n) is 2.00. The fourth-order valence-electron chi connectivity index (χ4n) is 0.859. The topological polar surface area (TPSA) is 12.0 Å². The Morgan fingerprint density at radius 1 is 1.50 bits per heavy atom. The van der Waals surface area contributed by atoms with E-state index in [9.17, 15) is 0 Å². The summed E-state index contributed by atoms with van der Waals surface area (Å²) in [6.45, 7) is 3.47. The molecule has 0 radical (unpaired) electrons. The normalized spacial score (nSPS) is 26.6. The van der Waals surface area contributed by atoms with Gasteiger partial charge >= 0.3 is 0 Å². The van der Waals surface area contributed by atoms with E-state index in [0.717, 1.165) is 6.04 Å². The molecule has 0 aromatic heterocycles. The highest BCUT2D eigenvalue weighted by atomic mass is 32.1. The maximum atomic E-state index is 3.53.